The molecule has 2 amide bonds. The number of ether oxygens (including phenoxy) is 1. The summed E-state index contributed by atoms with van der Waals surface area (Å²) in [5.74, 6) is -0.284. The van der Waals surface area contributed by atoms with Gasteiger partial charge < -0.3 is 10.1 Å². The molecule has 6 heteroatoms. The summed E-state index contributed by atoms with van der Waals surface area (Å²) in [6, 6.07) is 0. The van der Waals surface area contributed by atoms with E-state index in [1.54, 1.807) is 0 Å². The van der Waals surface area contributed by atoms with Gasteiger partial charge in [-0.15, -0.1) is 0 Å². The topological polar surface area (TPSA) is 58.6 Å². The Morgan fingerprint density at radius 1 is 1.92 bits per heavy atom. The Labute approximate surface area is 81.3 Å². The highest BCUT2D eigenvalue weighted by atomic mass is 32.1. The lowest BCUT2D eigenvalue weighted by molar-refractivity contribution is -0.116. The summed E-state index contributed by atoms with van der Waals surface area (Å²) in [6.45, 7) is 3.95. The van der Waals surface area contributed by atoms with E-state index in [9.17, 15) is 9.59 Å². The zero-order valence-corrected chi connectivity index (χ0v) is 7.79. The highest BCUT2D eigenvalue weighted by Crippen LogP contribution is 2.11. The molecule has 1 atom stereocenters. The second-order valence-corrected chi connectivity index (χ2v) is 3.02. The molecule has 1 N–H and O–H groups in total. The molecule has 0 aromatic carbocycles. The summed E-state index contributed by atoms with van der Waals surface area (Å²) in [5, 5.41) is 2.52. The lowest BCUT2D eigenvalue weighted by atomic mass is 10.3. The normalized spacial score (nSPS) is 21.2. The minimum Gasteiger partial charge on any atom is -0.442 e. The number of hydrogen-bond donors (Lipinski definition) is 2. The van der Waals surface area contributed by atoms with Crippen molar-refractivity contribution in [3.8, 4) is 0 Å². The Bertz CT molecular complexity index is 244. The SMILES string of the molecule is C=CC(=O)NCC1CN(S)C(=O)O1. The van der Waals surface area contributed by atoms with Gasteiger partial charge in [0, 0.05) is 0 Å². The van der Waals surface area contributed by atoms with Crippen molar-refractivity contribution in [3.63, 3.8) is 0 Å². The van der Waals surface area contributed by atoms with Gasteiger partial charge in [0.1, 0.15) is 6.10 Å². The Balaban J connectivity index is 2.28. The van der Waals surface area contributed by atoms with E-state index in [0.29, 0.717) is 6.54 Å². The molecule has 1 aliphatic heterocycles. The van der Waals surface area contributed by atoms with Crippen LogP contribution in [0.2, 0.25) is 0 Å². The van der Waals surface area contributed by atoms with Crippen LogP contribution in [0, 0.1) is 0 Å². The van der Waals surface area contributed by atoms with Gasteiger partial charge in [0.2, 0.25) is 5.91 Å². The number of nitrogens with one attached hydrogen (secondary N) is 1. The third kappa shape index (κ3) is 2.66. The first-order chi connectivity index (χ1) is 6.13. The zero-order valence-electron chi connectivity index (χ0n) is 6.90. The summed E-state index contributed by atoms with van der Waals surface area (Å²) >= 11 is 3.84. The average Bonchev–Trinajstić information content (AvgIpc) is 2.42. The molecule has 1 heterocycles. The van der Waals surface area contributed by atoms with Crippen molar-refractivity contribution in [2.45, 2.75) is 6.10 Å². The van der Waals surface area contributed by atoms with Crippen LogP contribution in [-0.2, 0) is 9.53 Å². The van der Waals surface area contributed by atoms with Crippen molar-refractivity contribution in [1.82, 2.24) is 9.62 Å². The molecule has 72 valence electrons. The van der Waals surface area contributed by atoms with E-state index in [1.165, 1.54) is 0 Å². The molecule has 1 aliphatic rings. The number of rotatable bonds is 3. The van der Waals surface area contributed by atoms with Crippen molar-refractivity contribution in [2.24, 2.45) is 0 Å². The molecule has 1 fully saturated rings. The first kappa shape index (κ1) is 9.91. The monoisotopic (exact) mass is 202 g/mol. The molecular weight excluding hydrogens is 192 g/mol. The molecule has 0 radical (unpaired) electrons. The van der Waals surface area contributed by atoms with E-state index in [4.69, 9.17) is 4.74 Å². The van der Waals surface area contributed by atoms with Crippen LogP contribution in [0.15, 0.2) is 12.7 Å². The molecule has 5 nitrogen and oxygen atoms in total. The number of nitrogens with zero attached hydrogens (tertiary/aromatic N) is 1. The standard InChI is InChI=1S/C7H10N2O3S/c1-2-6(10)8-3-5-4-9(13)7(11)12-5/h2,5,13H,1,3-4H2,(H,8,10). The molecule has 0 aromatic rings. The summed E-state index contributed by atoms with van der Waals surface area (Å²) in [5.41, 5.74) is 0. The van der Waals surface area contributed by atoms with E-state index >= 15 is 0 Å². The maximum Gasteiger partial charge on any atom is 0.420 e. The number of amides is 2. The number of carbonyl (C=O) groups excluding carboxylic acids is 2. The molecule has 0 aliphatic carbocycles. The fraction of sp³-hybridized carbons (Fsp3) is 0.429. The Kier molecular flexibility index (Phi) is 3.18. The van der Waals surface area contributed by atoms with Crippen LogP contribution < -0.4 is 5.32 Å². The lowest BCUT2D eigenvalue weighted by Gasteiger charge is -2.07. The second-order valence-electron chi connectivity index (χ2n) is 2.54. The largest absolute Gasteiger partial charge is 0.442 e. The molecule has 1 saturated heterocycles. The first-order valence-corrected chi connectivity index (χ1v) is 4.10. The van der Waals surface area contributed by atoms with E-state index in [-0.39, 0.29) is 18.6 Å². The fourth-order valence-electron chi connectivity index (χ4n) is 0.901. The third-order valence-electron chi connectivity index (χ3n) is 1.54. The third-order valence-corrected chi connectivity index (χ3v) is 1.87. The quantitative estimate of drug-likeness (QED) is 0.498. The van der Waals surface area contributed by atoms with Crippen LogP contribution in [0.3, 0.4) is 0 Å². The van der Waals surface area contributed by atoms with Crippen molar-refractivity contribution in [2.75, 3.05) is 13.1 Å². The van der Waals surface area contributed by atoms with E-state index in [2.05, 4.69) is 24.7 Å². The van der Waals surface area contributed by atoms with Gasteiger partial charge in [0.25, 0.3) is 0 Å². The molecule has 0 saturated carbocycles. The number of hydrogen-bond acceptors (Lipinski definition) is 4. The number of thiol groups is 1. The predicted molar refractivity (Wildman–Crippen MR) is 49.2 cm³/mol. The van der Waals surface area contributed by atoms with Crippen LogP contribution in [0.1, 0.15) is 0 Å². The Morgan fingerprint density at radius 2 is 2.62 bits per heavy atom. The molecule has 0 bridgehead atoms. The van der Waals surface area contributed by atoms with Crippen LogP contribution in [0.25, 0.3) is 0 Å². The van der Waals surface area contributed by atoms with E-state index in [0.717, 1.165) is 10.4 Å². The minimum atomic E-state index is -0.485. The van der Waals surface area contributed by atoms with Gasteiger partial charge in [0.05, 0.1) is 13.1 Å². The van der Waals surface area contributed by atoms with Crippen LogP contribution in [0.5, 0.6) is 0 Å². The summed E-state index contributed by atoms with van der Waals surface area (Å²) in [4.78, 5) is 21.5. The molecular formula is C7H10N2O3S. The zero-order chi connectivity index (χ0) is 9.84. The van der Waals surface area contributed by atoms with Gasteiger partial charge in [-0.25, -0.2) is 4.79 Å². The summed E-state index contributed by atoms with van der Waals surface area (Å²) < 4.78 is 5.99. The maximum absolute atomic E-state index is 10.8. The van der Waals surface area contributed by atoms with Gasteiger partial charge in [-0.05, 0) is 6.08 Å². The van der Waals surface area contributed by atoms with Gasteiger partial charge in [0.15, 0.2) is 0 Å². The van der Waals surface area contributed by atoms with Crippen molar-refractivity contribution in [1.29, 1.82) is 0 Å². The average molecular weight is 202 g/mol. The highest BCUT2D eigenvalue weighted by Gasteiger charge is 2.28. The fourth-order valence-corrected chi connectivity index (χ4v) is 1.13. The van der Waals surface area contributed by atoms with Gasteiger partial charge in [-0.2, -0.15) is 0 Å². The predicted octanol–water partition coefficient (Wildman–Crippen LogP) is -0.0458. The molecule has 1 unspecified atom stereocenters. The van der Waals surface area contributed by atoms with Gasteiger partial charge in [-0.3, -0.25) is 9.10 Å². The Hall–Kier alpha value is -1.17. The van der Waals surface area contributed by atoms with Crippen molar-refractivity contribution >= 4 is 24.8 Å². The number of carbonyl (C=O) groups is 2. The molecule has 1 rings (SSSR count). The van der Waals surface area contributed by atoms with E-state index < -0.39 is 6.09 Å². The first-order valence-electron chi connectivity index (χ1n) is 3.70. The van der Waals surface area contributed by atoms with Crippen LogP contribution in [0.4, 0.5) is 4.79 Å². The summed E-state index contributed by atoms with van der Waals surface area (Å²) in [7, 11) is 0. The Morgan fingerprint density at radius 3 is 3.08 bits per heavy atom. The van der Waals surface area contributed by atoms with Gasteiger partial charge >= 0.3 is 6.09 Å². The van der Waals surface area contributed by atoms with Crippen LogP contribution in [-0.4, -0.2) is 35.5 Å². The van der Waals surface area contributed by atoms with E-state index in [1.807, 2.05) is 0 Å². The maximum atomic E-state index is 10.8. The lowest BCUT2D eigenvalue weighted by Crippen LogP contribution is -2.32. The summed E-state index contributed by atoms with van der Waals surface area (Å²) in [6.07, 6.45) is 0.352. The number of cyclic esters (lactones) is 1. The van der Waals surface area contributed by atoms with Crippen LogP contribution >= 0.6 is 12.8 Å². The molecule has 13 heavy (non-hydrogen) atoms. The molecule has 0 spiro atoms. The van der Waals surface area contributed by atoms with Gasteiger partial charge in [-0.1, -0.05) is 19.4 Å². The minimum absolute atomic E-state index is 0.284. The van der Waals surface area contributed by atoms with Crippen molar-refractivity contribution < 1.29 is 14.3 Å². The second kappa shape index (κ2) is 4.18. The smallest absolute Gasteiger partial charge is 0.420 e. The van der Waals surface area contributed by atoms with Crippen molar-refractivity contribution in [3.05, 3.63) is 12.7 Å². The molecule has 0 aromatic heterocycles. The highest BCUT2D eigenvalue weighted by molar-refractivity contribution is 7.78.